The van der Waals surface area contributed by atoms with Gasteiger partial charge in [-0.3, -0.25) is 4.90 Å². The maximum Gasteiger partial charge on any atom is 0.0417 e. The van der Waals surface area contributed by atoms with Crippen molar-refractivity contribution in [2.45, 2.75) is 19.0 Å². The summed E-state index contributed by atoms with van der Waals surface area (Å²) in [6.45, 7) is 3.04. The van der Waals surface area contributed by atoms with Gasteiger partial charge in [-0.25, -0.2) is 0 Å². The normalized spacial score (nSPS) is 22.2. The molecule has 1 aromatic carbocycles. The number of halogens is 2. The van der Waals surface area contributed by atoms with E-state index in [0.717, 1.165) is 35.6 Å². The highest BCUT2D eigenvalue weighted by atomic mass is 79.9. The lowest BCUT2D eigenvalue weighted by atomic mass is 10.2. The lowest BCUT2D eigenvalue weighted by Gasteiger charge is -2.16. The van der Waals surface area contributed by atoms with Crippen molar-refractivity contribution in [3.63, 3.8) is 0 Å². The number of likely N-dealkylation sites (tertiary alicyclic amines) is 1. The molecule has 1 saturated heterocycles. The Morgan fingerprint density at radius 2 is 2.33 bits per heavy atom. The second kappa shape index (κ2) is 4.83. The fourth-order valence-corrected chi connectivity index (χ4v) is 2.71. The molecule has 0 aromatic heterocycles. The van der Waals surface area contributed by atoms with E-state index < -0.39 is 0 Å². The highest BCUT2D eigenvalue weighted by Crippen LogP contribution is 2.23. The third kappa shape index (κ3) is 2.94. The van der Waals surface area contributed by atoms with Gasteiger partial charge in [0, 0.05) is 35.2 Å². The minimum atomic E-state index is 0.344. The van der Waals surface area contributed by atoms with Gasteiger partial charge >= 0.3 is 0 Å². The van der Waals surface area contributed by atoms with E-state index in [1.807, 2.05) is 12.1 Å². The maximum atomic E-state index is 5.89. The van der Waals surface area contributed by atoms with Gasteiger partial charge in [-0.15, -0.1) is 0 Å². The Balaban J connectivity index is 2.04. The van der Waals surface area contributed by atoms with Crippen LogP contribution in [-0.2, 0) is 6.54 Å². The van der Waals surface area contributed by atoms with E-state index in [9.17, 15) is 0 Å². The molecule has 1 fully saturated rings. The summed E-state index contributed by atoms with van der Waals surface area (Å²) in [7, 11) is 0. The third-order valence-electron chi connectivity index (χ3n) is 2.72. The molecule has 1 heterocycles. The smallest absolute Gasteiger partial charge is 0.0417 e. The average molecular weight is 290 g/mol. The molecule has 1 aliphatic rings. The molecule has 2 rings (SSSR count). The Kier molecular flexibility index (Phi) is 3.67. The molecule has 0 amide bonds. The summed E-state index contributed by atoms with van der Waals surface area (Å²) in [6.07, 6.45) is 1.10. The first kappa shape index (κ1) is 11.4. The van der Waals surface area contributed by atoms with Crippen LogP contribution in [0.2, 0.25) is 5.02 Å². The molecule has 0 bridgehead atoms. The van der Waals surface area contributed by atoms with Crippen molar-refractivity contribution >= 4 is 27.5 Å². The van der Waals surface area contributed by atoms with Gasteiger partial charge in [0.2, 0.25) is 0 Å². The van der Waals surface area contributed by atoms with Gasteiger partial charge in [-0.2, -0.15) is 0 Å². The lowest BCUT2D eigenvalue weighted by molar-refractivity contribution is 0.326. The van der Waals surface area contributed by atoms with E-state index in [0.29, 0.717) is 6.04 Å². The van der Waals surface area contributed by atoms with Crippen LogP contribution in [0.5, 0.6) is 0 Å². The summed E-state index contributed by atoms with van der Waals surface area (Å²) in [4.78, 5) is 2.37. The first-order valence-corrected chi connectivity index (χ1v) is 6.24. The van der Waals surface area contributed by atoms with Gasteiger partial charge in [0.1, 0.15) is 0 Å². The van der Waals surface area contributed by atoms with E-state index in [4.69, 9.17) is 17.3 Å². The average Bonchev–Trinajstić information content (AvgIpc) is 2.56. The Morgan fingerprint density at radius 3 is 2.93 bits per heavy atom. The standard InChI is InChI=1S/C11H14BrClN2/c12-11-5-9(13)2-1-8(11)6-15-4-3-10(14)7-15/h1-2,5,10H,3-4,6-7,14H2. The van der Waals surface area contributed by atoms with Crippen molar-refractivity contribution in [2.75, 3.05) is 13.1 Å². The van der Waals surface area contributed by atoms with Gasteiger partial charge in [-0.05, 0) is 24.1 Å². The van der Waals surface area contributed by atoms with E-state index in [-0.39, 0.29) is 0 Å². The van der Waals surface area contributed by atoms with E-state index in [1.165, 1.54) is 5.56 Å². The fraction of sp³-hybridized carbons (Fsp3) is 0.455. The molecule has 2 N–H and O–H groups in total. The van der Waals surface area contributed by atoms with Crippen molar-refractivity contribution in [1.82, 2.24) is 4.90 Å². The van der Waals surface area contributed by atoms with Crippen LogP contribution in [0.15, 0.2) is 22.7 Å². The summed E-state index contributed by atoms with van der Waals surface area (Å²) < 4.78 is 1.08. The van der Waals surface area contributed by atoms with Crippen molar-refractivity contribution < 1.29 is 0 Å². The van der Waals surface area contributed by atoms with E-state index in [1.54, 1.807) is 0 Å². The van der Waals surface area contributed by atoms with Gasteiger partial charge in [0.25, 0.3) is 0 Å². The molecule has 1 aromatic rings. The Bertz CT molecular complexity index is 356. The Hall–Kier alpha value is -0.0900. The molecule has 4 heteroatoms. The molecule has 0 radical (unpaired) electrons. The molecule has 82 valence electrons. The maximum absolute atomic E-state index is 5.89. The summed E-state index contributed by atoms with van der Waals surface area (Å²) in [5.74, 6) is 0. The third-order valence-corrected chi connectivity index (χ3v) is 3.69. The quantitative estimate of drug-likeness (QED) is 0.907. The minimum Gasteiger partial charge on any atom is -0.326 e. The van der Waals surface area contributed by atoms with Gasteiger partial charge in [-0.1, -0.05) is 33.6 Å². The zero-order valence-corrected chi connectivity index (χ0v) is 10.8. The molecule has 15 heavy (non-hydrogen) atoms. The highest BCUT2D eigenvalue weighted by Gasteiger charge is 2.19. The topological polar surface area (TPSA) is 29.3 Å². The molecule has 0 aliphatic carbocycles. The predicted molar refractivity (Wildman–Crippen MR) is 67.0 cm³/mol. The number of hydrogen-bond acceptors (Lipinski definition) is 2. The van der Waals surface area contributed by atoms with Crippen LogP contribution in [-0.4, -0.2) is 24.0 Å². The Labute approximate surface area is 104 Å². The molecule has 1 aliphatic heterocycles. The second-order valence-electron chi connectivity index (χ2n) is 4.02. The summed E-state index contributed by atoms with van der Waals surface area (Å²) >= 11 is 9.42. The molecule has 1 unspecified atom stereocenters. The van der Waals surface area contributed by atoms with Gasteiger partial charge < -0.3 is 5.73 Å². The lowest BCUT2D eigenvalue weighted by Crippen LogP contribution is -2.26. The van der Waals surface area contributed by atoms with Crippen LogP contribution < -0.4 is 5.73 Å². The van der Waals surface area contributed by atoms with Crippen molar-refractivity contribution in [3.05, 3.63) is 33.3 Å². The second-order valence-corrected chi connectivity index (χ2v) is 5.31. The van der Waals surface area contributed by atoms with Crippen LogP contribution in [0.25, 0.3) is 0 Å². The molecular formula is C11H14BrClN2. The molecule has 2 nitrogen and oxygen atoms in total. The fourth-order valence-electron chi connectivity index (χ4n) is 1.90. The number of benzene rings is 1. The Morgan fingerprint density at radius 1 is 1.53 bits per heavy atom. The van der Waals surface area contributed by atoms with Crippen LogP contribution in [0.3, 0.4) is 0 Å². The summed E-state index contributed by atoms with van der Waals surface area (Å²) in [5, 5.41) is 0.767. The van der Waals surface area contributed by atoms with Crippen LogP contribution >= 0.6 is 27.5 Å². The molecule has 0 saturated carbocycles. The van der Waals surface area contributed by atoms with Crippen LogP contribution in [0, 0.1) is 0 Å². The van der Waals surface area contributed by atoms with Crippen LogP contribution in [0.1, 0.15) is 12.0 Å². The monoisotopic (exact) mass is 288 g/mol. The van der Waals surface area contributed by atoms with Gasteiger partial charge in [0.15, 0.2) is 0 Å². The van der Waals surface area contributed by atoms with Gasteiger partial charge in [0.05, 0.1) is 0 Å². The number of nitrogens with two attached hydrogens (primary N) is 1. The largest absolute Gasteiger partial charge is 0.326 e. The van der Waals surface area contributed by atoms with Crippen molar-refractivity contribution in [1.29, 1.82) is 0 Å². The van der Waals surface area contributed by atoms with E-state index >= 15 is 0 Å². The SMILES string of the molecule is NC1CCN(Cc2ccc(Cl)cc2Br)C1. The first-order valence-electron chi connectivity index (χ1n) is 5.07. The molecular weight excluding hydrogens is 275 g/mol. The minimum absolute atomic E-state index is 0.344. The van der Waals surface area contributed by atoms with Crippen molar-refractivity contribution in [3.8, 4) is 0 Å². The zero-order valence-electron chi connectivity index (χ0n) is 8.42. The zero-order chi connectivity index (χ0) is 10.8. The van der Waals surface area contributed by atoms with Crippen molar-refractivity contribution in [2.24, 2.45) is 5.73 Å². The van der Waals surface area contributed by atoms with E-state index in [2.05, 4.69) is 26.9 Å². The number of nitrogens with zero attached hydrogens (tertiary/aromatic N) is 1. The number of rotatable bonds is 2. The number of hydrogen-bond donors (Lipinski definition) is 1. The highest BCUT2D eigenvalue weighted by molar-refractivity contribution is 9.10. The molecule has 0 spiro atoms. The summed E-state index contributed by atoms with van der Waals surface area (Å²) in [5.41, 5.74) is 7.14. The molecule has 1 atom stereocenters. The predicted octanol–water partition coefficient (Wildman–Crippen LogP) is 2.64. The van der Waals surface area contributed by atoms with Crippen LogP contribution in [0.4, 0.5) is 0 Å². The first-order chi connectivity index (χ1) is 7.15. The summed E-state index contributed by atoms with van der Waals surface area (Å²) in [6, 6.07) is 6.27.